The summed E-state index contributed by atoms with van der Waals surface area (Å²) in [6.45, 7) is 6.27. The molecule has 0 aliphatic carbocycles. The van der Waals surface area contributed by atoms with E-state index >= 15 is 0 Å². The van der Waals surface area contributed by atoms with Gasteiger partial charge in [0.15, 0.2) is 0 Å². The molecule has 0 amide bonds. The van der Waals surface area contributed by atoms with Gasteiger partial charge in [-0.3, -0.25) is 4.55 Å². The molecule has 0 spiro atoms. The zero-order valence-corrected chi connectivity index (χ0v) is 10.6. The smallest absolute Gasteiger partial charge is 0.264 e. The van der Waals surface area contributed by atoms with Gasteiger partial charge in [0.1, 0.15) is 0 Å². The van der Waals surface area contributed by atoms with Crippen LogP contribution in [0.2, 0.25) is 0 Å². The molecule has 1 atom stereocenters. The van der Waals surface area contributed by atoms with Crippen LogP contribution in [-0.4, -0.2) is 19.6 Å². The van der Waals surface area contributed by atoms with Crippen LogP contribution in [0.3, 0.4) is 0 Å². The van der Waals surface area contributed by atoms with Crippen LogP contribution in [0.1, 0.15) is 46.5 Å². The molecule has 0 radical (unpaired) electrons. The lowest BCUT2D eigenvalue weighted by Crippen LogP contribution is -2.18. The third-order valence-electron chi connectivity index (χ3n) is 2.55. The second kappa shape index (κ2) is 7.19. The van der Waals surface area contributed by atoms with Gasteiger partial charge in [-0.1, -0.05) is 40.0 Å². The molecule has 0 fully saturated rings. The Balaban J connectivity index is 3.94. The van der Waals surface area contributed by atoms with Crippen LogP contribution in [0.4, 0.5) is 0 Å². The topological polar surface area (TPSA) is 63.6 Å². The van der Waals surface area contributed by atoms with Crippen LogP contribution in [0.15, 0.2) is 0 Å². The van der Waals surface area contributed by atoms with Crippen molar-refractivity contribution in [3.8, 4) is 0 Å². The quantitative estimate of drug-likeness (QED) is 0.521. The Bertz CT molecular complexity index is 246. The summed E-state index contributed by atoms with van der Waals surface area (Å²) in [5.74, 6) is 0.557. The average Bonchev–Trinajstić information content (AvgIpc) is 2.08. The molecule has 0 saturated carbocycles. The lowest BCUT2D eigenvalue weighted by Gasteiger charge is -2.19. The summed E-state index contributed by atoms with van der Waals surface area (Å²) in [6, 6.07) is 0. The van der Waals surface area contributed by atoms with E-state index in [0.717, 1.165) is 25.7 Å². The second-order valence-corrected chi connectivity index (χ2v) is 5.30. The van der Waals surface area contributed by atoms with E-state index in [-0.39, 0.29) is 12.5 Å². The highest BCUT2D eigenvalue weighted by molar-refractivity contribution is 7.80. The summed E-state index contributed by atoms with van der Waals surface area (Å²) in [6.07, 6.45) is 4.31. The minimum atomic E-state index is -4.28. The summed E-state index contributed by atoms with van der Waals surface area (Å²) in [4.78, 5) is 0. The normalized spacial score (nSPS) is 14.5. The maximum atomic E-state index is 10.4. The first kappa shape index (κ1) is 14.9. The minimum Gasteiger partial charge on any atom is -0.264 e. The van der Waals surface area contributed by atoms with Crippen molar-refractivity contribution in [2.75, 3.05) is 6.61 Å². The number of hydrogen-bond acceptors (Lipinski definition) is 3. The first-order valence-corrected chi connectivity index (χ1v) is 6.85. The summed E-state index contributed by atoms with van der Waals surface area (Å²) < 4.78 is 33.7. The summed E-state index contributed by atoms with van der Waals surface area (Å²) in [5, 5.41) is 0. The molecule has 1 unspecified atom stereocenters. The summed E-state index contributed by atoms with van der Waals surface area (Å²) in [5.41, 5.74) is 0. The summed E-state index contributed by atoms with van der Waals surface area (Å²) >= 11 is 0. The Morgan fingerprint density at radius 3 is 2.27 bits per heavy atom. The van der Waals surface area contributed by atoms with Crippen molar-refractivity contribution in [3.63, 3.8) is 0 Å². The molecular weight excluding hydrogens is 216 g/mol. The largest absolute Gasteiger partial charge is 0.397 e. The zero-order valence-electron chi connectivity index (χ0n) is 9.77. The van der Waals surface area contributed by atoms with Crippen LogP contribution < -0.4 is 0 Å². The van der Waals surface area contributed by atoms with Gasteiger partial charge in [0.25, 0.3) is 0 Å². The third-order valence-corrected chi connectivity index (χ3v) is 2.99. The SMILES string of the molecule is CCCCCC(COS(=O)(=O)O)C(C)C. The molecule has 15 heavy (non-hydrogen) atoms. The first-order valence-electron chi connectivity index (χ1n) is 5.48. The highest BCUT2D eigenvalue weighted by atomic mass is 32.3. The van der Waals surface area contributed by atoms with Crippen molar-refractivity contribution in [1.82, 2.24) is 0 Å². The van der Waals surface area contributed by atoms with Gasteiger partial charge < -0.3 is 0 Å². The van der Waals surface area contributed by atoms with E-state index in [1.54, 1.807) is 0 Å². The van der Waals surface area contributed by atoms with E-state index in [1.807, 2.05) is 13.8 Å². The van der Waals surface area contributed by atoms with E-state index in [1.165, 1.54) is 0 Å². The van der Waals surface area contributed by atoms with Crippen molar-refractivity contribution in [1.29, 1.82) is 0 Å². The van der Waals surface area contributed by atoms with E-state index in [0.29, 0.717) is 5.92 Å². The van der Waals surface area contributed by atoms with Crippen molar-refractivity contribution >= 4 is 10.4 Å². The van der Waals surface area contributed by atoms with E-state index in [4.69, 9.17) is 4.55 Å². The first-order chi connectivity index (χ1) is 6.87. The Labute approximate surface area is 93.0 Å². The van der Waals surface area contributed by atoms with Gasteiger partial charge >= 0.3 is 10.4 Å². The fourth-order valence-corrected chi connectivity index (χ4v) is 1.79. The van der Waals surface area contributed by atoms with Crippen molar-refractivity contribution in [2.24, 2.45) is 11.8 Å². The fourth-order valence-electron chi connectivity index (χ4n) is 1.44. The van der Waals surface area contributed by atoms with E-state index in [9.17, 15) is 8.42 Å². The third kappa shape index (κ3) is 8.84. The Morgan fingerprint density at radius 1 is 1.27 bits per heavy atom. The van der Waals surface area contributed by atoms with Crippen molar-refractivity contribution < 1.29 is 17.2 Å². The molecule has 1 N–H and O–H groups in total. The maximum absolute atomic E-state index is 10.4. The minimum absolute atomic E-state index is 0.0835. The summed E-state index contributed by atoms with van der Waals surface area (Å²) in [7, 11) is -4.28. The lowest BCUT2D eigenvalue weighted by molar-refractivity contribution is 0.182. The monoisotopic (exact) mass is 238 g/mol. The Kier molecular flexibility index (Phi) is 7.13. The highest BCUT2D eigenvalue weighted by Crippen LogP contribution is 2.19. The Hall–Kier alpha value is -0.130. The zero-order chi connectivity index (χ0) is 11.9. The number of unbranched alkanes of at least 4 members (excludes halogenated alkanes) is 2. The predicted octanol–water partition coefficient (Wildman–Crippen LogP) is 2.66. The molecule has 0 rings (SSSR count). The standard InChI is InChI=1S/C10H22O4S/c1-4-5-6-7-10(9(2)3)8-14-15(11,12)13/h9-10H,4-8H2,1-3H3,(H,11,12,13). The van der Waals surface area contributed by atoms with E-state index in [2.05, 4.69) is 11.1 Å². The van der Waals surface area contributed by atoms with Crippen LogP contribution >= 0.6 is 0 Å². The van der Waals surface area contributed by atoms with Gasteiger partial charge in [-0.2, -0.15) is 8.42 Å². The second-order valence-electron chi connectivity index (χ2n) is 4.21. The van der Waals surface area contributed by atoms with Gasteiger partial charge in [0.2, 0.25) is 0 Å². The number of hydrogen-bond donors (Lipinski definition) is 1. The number of rotatable bonds is 8. The fraction of sp³-hybridized carbons (Fsp3) is 1.00. The van der Waals surface area contributed by atoms with Gasteiger partial charge in [0.05, 0.1) is 6.61 Å². The molecular formula is C10H22O4S. The molecule has 92 valence electrons. The molecule has 4 nitrogen and oxygen atoms in total. The van der Waals surface area contributed by atoms with Crippen LogP contribution in [0.25, 0.3) is 0 Å². The molecule has 0 bridgehead atoms. The molecule has 5 heteroatoms. The van der Waals surface area contributed by atoms with Gasteiger partial charge in [-0.25, -0.2) is 4.18 Å². The molecule has 0 aliphatic rings. The van der Waals surface area contributed by atoms with Crippen molar-refractivity contribution in [3.05, 3.63) is 0 Å². The van der Waals surface area contributed by atoms with Crippen molar-refractivity contribution in [2.45, 2.75) is 46.5 Å². The Morgan fingerprint density at radius 2 is 1.87 bits per heavy atom. The van der Waals surface area contributed by atoms with Gasteiger partial charge in [0, 0.05) is 0 Å². The van der Waals surface area contributed by atoms with E-state index < -0.39 is 10.4 Å². The van der Waals surface area contributed by atoms with Gasteiger partial charge in [-0.15, -0.1) is 0 Å². The van der Waals surface area contributed by atoms with Gasteiger partial charge in [-0.05, 0) is 18.3 Å². The molecule has 0 heterocycles. The molecule has 0 saturated heterocycles. The van der Waals surface area contributed by atoms with Crippen LogP contribution in [0, 0.1) is 11.8 Å². The maximum Gasteiger partial charge on any atom is 0.397 e. The molecule has 0 aromatic rings. The average molecular weight is 238 g/mol. The molecule has 0 aromatic carbocycles. The van der Waals surface area contributed by atoms with Crippen LogP contribution in [-0.2, 0) is 14.6 Å². The predicted molar refractivity (Wildman–Crippen MR) is 60.0 cm³/mol. The highest BCUT2D eigenvalue weighted by Gasteiger charge is 2.16. The molecule has 0 aromatic heterocycles. The molecule has 0 aliphatic heterocycles. The lowest BCUT2D eigenvalue weighted by atomic mass is 9.91. The van der Waals surface area contributed by atoms with Crippen LogP contribution in [0.5, 0.6) is 0 Å².